The molecule has 1 atom stereocenters. The third-order valence-electron chi connectivity index (χ3n) is 6.08. The minimum atomic E-state index is -4.21. The lowest BCUT2D eigenvalue weighted by Crippen LogP contribution is -2.48. The van der Waals surface area contributed by atoms with Gasteiger partial charge in [0, 0.05) is 12.8 Å². The number of aryl methyl sites for hydroxylation is 3. The van der Waals surface area contributed by atoms with Crippen molar-refractivity contribution in [3.05, 3.63) is 75.9 Å². The summed E-state index contributed by atoms with van der Waals surface area (Å²) in [5, 5.41) is 12.6. The summed E-state index contributed by atoms with van der Waals surface area (Å²) in [7, 11) is 0. The number of benzene rings is 2. The van der Waals surface area contributed by atoms with Crippen molar-refractivity contribution < 1.29 is 18.0 Å². The van der Waals surface area contributed by atoms with Gasteiger partial charge in [0.05, 0.1) is 5.54 Å². The third kappa shape index (κ3) is 3.72. The average Bonchev–Trinajstić information content (AvgIpc) is 3.03. The maximum absolute atomic E-state index is 12.8. The first-order valence-electron chi connectivity index (χ1n) is 9.93. The smallest absolute Gasteiger partial charge is 0.342 e. The number of hydrogen-bond acceptors (Lipinski definition) is 2. The molecule has 0 radical (unpaired) electrons. The summed E-state index contributed by atoms with van der Waals surface area (Å²) >= 11 is 0. The number of alkyl halides is 3. The molecule has 0 aromatic heterocycles. The van der Waals surface area contributed by atoms with Gasteiger partial charge in [-0.05, 0) is 54.0 Å². The van der Waals surface area contributed by atoms with E-state index in [2.05, 4.69) is 5.32 Å². The fraction of sp³-hybridized carbons (Fsp3) is 0.333. The molecule has 0 fully saturated rings. The first kappa shape index (κ1) is 20.2. The van der Waals surface area contributed by atoms with Crippen molar-refractivity contribution in [3.8, 4) is 6.07 Å². The van der Waals surface area contributed by atoms with Crippen LogP contribution in [0.1, 0.15) is 47.1 Å². The topological polar surface area (TPSA) is 52.9 Å². The van der Waals surface area contributed by atoms with Crippen LogP contribution in [-0.2, 0) is 23.2 Å². The van der Waals surface area contributed by atoms with Gasteiger partial charge in [-0.1, -0.05) is 48.0 Å². The van der Waals surface area contributed by atoms with Gasteiger partial charge < -0.3 is 5.32 Å². The average molecular weight is 410 g/mol. The van der Waals surface area contributed by atoms with Crippen LogP contribution in [0.4, 0.5) is 13.2 Å². The SMILES string of the molecule is Cc1ccc(C2=C(C#N)C(=O)NC3(CCc4ccc(CCC(F)(F)F)cc43)C2)cc1. The lowest BCUT2D eigenvalue weighted by molar-refractivity contribution is -0.134. The Morgan fingerprint density at radius 3 is 2.57 bits per heavy atom. The van der Waals surface area contributed by atoms with Crippen molar-refractivity contribution in [2.45, 2.75) is 50.7 Å². The molecule has 1 N–H and O–H groups in total. The van der Waals surface area contributed by atoms with E-state index in [4.69, 9.17) is 0 Å². The number of nitrogens with one attached hydrogen (secondary N) is 1. The summed E-state index contributed by atoms with van der Waals surface area (Å²) in [6.45, 7) is 1.97. The van der Waals surface area contributed by atoms with Crippen LogP contribution in [0.5, 0.6) is 0 Å². The Morgan fingerprint density at radius 1 is 1.17 bits per heavy atom. The lowest BCUT2D eigenvalue weighted by Gasteiger charge is -2.37. The largest absolute Gasteiger partial charge is 0.389 e. The number of carbonyl (C=O) groups is 1. The van der Waals surface area contributed by atoms with Gasteiger partial charge in [0.15, 0.2) is 0 Å². The minimum absolute atomic E-state index is 0.0924. The predicted octanol–water partition coefficient (Wildman–Crippen LogP) is 5.13. The molecule has 0 saturated carbocycles. The Bertz CT molecular complexity index is 1080. The normalized spacial score (nSPS) is 20.8. The van der Waals surface area contributed by atoms with Crippen LogP contribution in [-0.4, -0.2) is 12.1 Å². The van der Waals surface area contributed by atoms with Crippen LogP contribution in [0, 0.1) is 18.3 Å². The molecule has 0 saturated heterocycles. The molecule has 1 amide bonds. The second-order valence-corrected chi connectivity index (χ2v) is 8.15. The first-order chi connectivity index (χ1) is 14.2. The van der Waals surface area contributed by atoms with E-state index in [1.54, 1.807) is 12.1 Å². The summed E-state index contributed by atoms with van der Waals surface area (Å²) in [6.07, 6.45) is -3.34. The number of rotatable bonds is 3. The van der Waals surface area contributed by atoms with Crippen LogP contribution in [0.25, 0.3) is 5.57 Å². The van der Waals surface area contributed by atoms with Crippen molar-refractivity contribution in [2.75, 3.05) is 0 Å². The molecule has 30 heavy (non-hydrogen) atoms. The van der Waals surface area contributed by atoms with Crippen molar-refractivity contribution in [2.24, 2.45) is 0 Å². The van der Waals surface area contributed by atoms with E-state index in [1.165, 1.54) is 0 Å². The molecule has 0 bridgehead atoms. The second-order valence-electron chi connectivity index (χ2n) is 8.15. The lowest BCUT2D eigenvalue weighted by atomic mass is 9.77. The molecule has 3 nitrogen and oxygen atoms in total. The number of nitriles is 1. The quantitative estimate of drug-likeness (QED) is 0.763. The number of fused-ring (bicyclic) bond motifs is 2. The Balaban J connectivity index is 1.73. The highest BCUT2D eigenvalue weighted by molar-refractivity contribution is 6.07. The number of nitrogens with zero attached hydrogens (tertiary/aromatic N) is 1. The van der Waals surface area contributed by atoms with Crippen molar-refractivity contribution >= 4 is 11.5 Å². The second kappa shape index (κ2) is 7.32. The zero-order valence-corrected chi connectivity index (χ0v) is 16.6. The zero-order chi connectivity index (χ0) is 21.5. The van der Waals surface area contributed by atoms with Gasteiger partial charge in [0.25, 0.3) is 5.91 Å². The molecule has 1 unspecified atom stereocenters. The van der Waals surface area contributed by atoms with E-state index >= 15 is 0 Å². The summed E-state index contributed by atoms with van der Waals surface area (Å²) in [5.41, 5.74) is 4.52. The molecule has 2 aromatic carbocycles. The van der Waals surface area contributed by atoms with E-state index in [0.29, 0.717) is 24.0 Å². The van der Waals surface area contributed by atoms with Gasteiger partial charge in [-0.3, -0.25) is 4.79 Å². The first-order valence-corrected chi connectivity index (χ1v) is 9.93. The van der Waals surface area contributed by atoms with E-state index < -0.39 is 24.0 Å². The molecule has 4 rings (SSSR count). The Hall–Kier alpha value is -3.07. The van der Waals surface area contributed by atoms with Gasteiger partial charge in [-0.2, -0.15) is 18.4 Å². The van der Waals surface area contributed by atoms with E-state index in [-0.39, 0.29) is 12.0 Å². The molecule has 6 heteroatoms. The molecule has 1 aliphatic heterocycles. The van der Waals surface area contributed by atoms with Crippen LogP contribution in [0.2, 0.25) is 0 Å². The van der Waals surface area contributed by atoms with Crippen molar-refractivity contribution in [3.63, 3.8) is 0 Å². The number of carbonyl (C=O) groups excluding carboxylic acids is 1. The highest BCUT2D eigenvalue weighted by Gasteiger charge is 2.45. The van der Waals surface area contributed by atoms with Crippen molar-refractivity contribution in [1.82, 2.24) is 5.32 Å². The molecule has 1 heterocycles. The van der Waals surface area contributed by atoms with E-state index in [9.17, 15) is 23.2 Å². The molecule has 1 aliphatic carbocycles. The molecular formula is C24H21F3N2O. The zero-order valence-electron chi connectivity index (χ0n) is 16.6. The van der Waals surface area contributed by atoms with Gasteiger partial charge in [-0.15, -0.1) is 0 Å². The van der Waals surface area contributed by atoms with Crippen LogP contribution in [0.15, 0.2) is 48.0 Å². The van der Waals surface area contributed by atoms with E-state index in [0.717, 1.165) is 28.7 Å². The van der Waals surface area contributed by atoms with Crippen molar-refractivity contribution in [1.29, 1.82) is 5.26 Å². The molecule has 1 spiro atoms. The Kier molecular flexibility index (Phi) is 4.93. The van der Waals surface area contributed by atoms with Gasteiger partial charge >= 0.3 is 6.18 Å². The Morgan fingerprint density at radius 2 is 1.90 bits per heavy atom. The van der Waals surface area contributed by atoms with Crippen LogP contribution in [0.3, 0.4) is 0 Å². The van der Waals surface area contributed by atoms with Gasteiger partial charge in [0.2, 0.25) is 0 Å². The summed E-state index contributed by atoms with van der Waals surface area (Å²) in [4.78, 5) is 12.8. The third-order valence-corrected chi connectivity index (χ3v) is 6.08. The molecule has 2 aromatic rings. The molecular weight excluding hydrogens is 389 g/mol. The number of halogens is 3. The summed E-state index contributed by atoms with van der Waals surface area (Å²) in [6, 6.07) is 15.1. The van der Waals surface area contributed by atoms with Gasteiger partial charge in [0.1, 0.15) is 11.6 Å². The Labute approximate surface area is 173 Å². The highest BCUT2D eigenvalue weighted by Crippen LogP contribution is 2.46. The standard InChI is InChI=1S/C24H21F3N2O/c1-15-2-5-17(6-3-15)19-13-23(29-22(30)20(19)14-28)10-9-18-7-4-16(12-21(18)23)8-11-24(25,26)27/h2-7,12H,8-11,13H2,1H3,(H,29,30). The highest BCUT2D eigenvalue weighted by atomic mass is 19.4. The molecule has 154 valence electrons. The number of hydrogen-bond donors (Lipinski definition) is 1. The van der Waals surface area contributed by atoms with Crippen LogP contribution >= 0.6 is 0 Å². The summed E-state index contributed by atoms with van der Waals surface area (Å²) in [5.74, 6) is -0.423. The maximum atomic E-state index is 12.8. The maximum Gasteiger partial charge on any atom is 0.389 e. The monoisotopic (exact) mass is 410 g/mol. The predicted molar refractivity (Wildman–Crippen MR) is 107 cm³/mol. The fourth-order valence-electron chi connectivity index (χ4n) is 4.50. The number of amides is 1. The fourth-order valence-corrected chi connectivity index (χ4v) is 4.50. The van der Waals surface area contributed by atoms with E-state index in [1.807, 2.05) is 43.3 Å². The minimum Gasteiger partial charge on any atom is -0.342 e. The summed E-state index contributed by atoms with van der Waals surface area (Å²) < 4.78 is 38.0. The molecule has 2 aliphatic rings. The van der Waals surface area contributed by atoms with Crippen LogP contribution < -0.4 is 5.32 Å². The van der Waals surface area contributed by atoms with Gasteiger partial charge in [-0.25, -0.2) is 0 Å².